The lowest BCUT2D eigenvalue weighted by Crippen LogP contribution is -2.21. The second-order valence-corrected chi connectivity index (χ2v) is 7.60. The Morgan fingerprint density at radius 3 is 2.48 bits per heavy atom. The molecule has 2 aromatic carbocycles. The number of ether oxygens (including phenoxy) is 3. The zero-order chi connectivity index (χ0) is 23.8. The van der Waals surface area contributed by atoms with E-state index in [4.69, 9.17) is 14.2 Å². The highest BCUT2D eigenvalue weighted by Gasteiger charge is 2.15. The molecule has 10 heteroatoms. The summed E-state index contributed by atoms with van der Waals surface area (Å²) >= 11 is 1.20. The Morgan fingerprint density at radius 2 is 1.79 bits per heavy atom. The van der Waals surface area contributed by atoms with Crippen molar-refractivity contribution >= 4 is 34.1 Å². The van der Waals surface area contributed by atoms with E-state index in [0.717, 1.165) is 0 Å². The Morgan fingerprint density at radius 1 is 1.03 bits per heavy atom. The number of nitrogens with one attached hydrogen (secondary N) is 1. The summed E-state index contributed by atoms with van der Waals surface area (Å²) in [6.07, 6.45) is -0.301. The molecule has 0 atom stereocenters. The number of esters is 1. The molecule has 1 amide bonds. The molecule has 1 aromatic heterocycles. The van der Waals surface area contributed by atoms with Crippen LogP contribution in [0.5, 0.6) is 11.5 Å². The first kappa shape index (κ1) is 23.9. The number of nitrogens with zero attached hydrogens (tertiary/aromatic N) is 1. The lowest BCUT2D eigenvalue weighted by atomic mass is 10.1. The van der Waals surface area contributed by atoms with Crippen LogP contribution in [0.1, 0.15) is 23.2 Å². The third-order valence-electron chi connectivity index (χ3n) is 4.52. The molecule has 3 aromatic rings. The molecule has 33 heavy (non-hydrogen) atoms. The van der Waals surface area contributed by atoms with Crippen molar-refractivity contribution in [3.05, 3.63) is 59.2 Å². The quantitative estimate of drug-likeness (QED) is 0.350. The van der Waals surface area contributed by atoms with Crippen LogP contribution in [-0.2, 0) is 14.3 Å². The largest absolute Gasteiger partial charge is 0.497 e. The van der Waals surface area contributed by atoms with Gasteiger partial charge in [-0.15, -0.1) is 11.3 Å². The molecule has 1 N–H and O–H groups in total. The van der Waals surface area contributed by atoms with Gasteiger partial charge in [0.05, 0.1) is 26.3 Å². The van der Waals surface area contributed by atoms with E-state index in [0.29, 0.717) is 33.5 Å². The van der Waals surface area contributed by atoms with Crippen molar-refractivity contribution < 1.29 is 33.0 Å². The van der Waals surface area contributed by atoms with Gasteiger partial charge in [-0.05, 0) is 42.5 Å². The number of ketones is 1. The number of thiazole rings is 1. The number of halogens is 1. The molecule has 1 heterocycles. The van der Waals surface area contributed by atoms with E-state index in [2.05, 4.69) is 10.3 Å². The minimum atomic E-state index is -0.693. The Bertz CT molecular complexity index is 1150. The Balaban J connectivity index is 1.48. The number of Topliss-reactive ketones (excluding diaryl/α,β-unsaturated/α-hetero) is 1. The zero-order valence-electron chi connectivity index (χ0n) is 17.9. The van der Waals surface area contributed by atoms with E-state index in [9.17, 15) is 18.8 Å². The van der Waals surface area contributed by atoms with Crippen LogP contribution < -0.4 is 14.8 Å². The molecule has 0 radical (unpaired) electrons. The van der Waals surface area contributed by atoms with E-state index < -0.39 is 24.3 Å². The molecule has 0 fully saturated rings. The summed E-state index contributed by atoms with van der Waals surface area (Å²) in [7, 11) is 3.10. The van der Waals surface area contributed by atoms with Gasteiger partial charge in [0.2, 0.25) is 0 Å². The Hall–Kier alpha value is -3.79. The van der Waals surface area contributed by atoms with Gasteiger partial charge in [0.25, 0.3) is 5.91 Å². The maximum Gasteiger partial charge on any atom is 0.306 e. The third kappa shape index (κ3) is 6.59. The van der Waals surface area contributed by atoms with Crippen LogP contribution in [0.25, 0.3) is 11.3 Å². The first-order valence-electron chi connectivity index (χ1n) is 9.81. The third-order valence-corrected chi connectivity index (χ3v) is 5.28. The summed E-state index contributed by atoms with van der Waals surface area (Å²) < 4.78 is 28.4. The number of carbonyl (C=O) groups excluding carboxylic acids is 3. The summed E-state index contributed by atoms with van der Waals surface area (Å²) in [5, 5.41) is 4.64. The van der Waals surface area contributed by atoms with Crippen LogP contribution >= 0.6 is 11.3 Å². The van der Waals surface area contributed by atoms with Crippen molar-refractivity contribution in [2.75, 3.05) is 26.1 Å². The molecule has 0 aliphatic heterocycles. The maximum atomic E-state index is 12.9. The van der Waals surface area contributed by atoms with Gasteiger partial charge in [-0.2, -0.15) is 0 Å². The van der Waals surface area contributed by atoms with E-state index in [1.807, 2.05) is 0 Å². The number of hydrogen-bond donors (Lipinski definition) is 1. The minimum absolute atomic E-state index is 0.107. The smallest absolute Gasteiger partial charge is 0.306 e. The van der Waals surface area contributed by atoms with Crippen LogP contribution in [0.2, 0.25) is 0 Å². The number of benzene rings is 2. The highest BCUT2D eigenvalue weighted by Crippen LogP contribution is 2.35. The molecule has 8 nitrogen and oxygen atoms in total. The average molecular weight is 472 g/mol. The average Bonchev–Trinajstić information content (AvgIpc) is 3.29. The number of carbonyl (C=O) groups is 3. The highest BCUT2D eigenvalue weighted by molar-refractivity contribution is 7.14. The van der Waals surface area contributed by atoms with E-state index in [1.54, 1.807) is 37.8 Å². The first-order chi connectivity index (χ1) is 15.9. The zero-order valence-corrected chi connectivity index (χ0v) is 18.7. The van der Waals surface area contributed by atoms with E-state index >= 15 is 0 Å². The standard InChI is InChI=1S/C23H21FN2O6S/c1-30-16-7-9-20(31-2)17(11-16)18-13-33-23(25-18)26-21(28)12-32-22(29)10-8-19(27)14-3-5-15(24)6-4-14/h3-7,9,11,13H,8,10,12H2,1-2H3,(H,25,26,28). The summed E-state index contributed by atoms with van der Waals surface area (Å²) in [4.78, 5) is 40.3. The van der Waals surface area contributed by atoms with Gasteiger partial charge in [0, 0.05) is 22.9 Å². The Kier molecular flexibility index (Phi) is 8.09. The lowest BCUT2D eigenvalue weighted by Gasteiger charge is -2.08. The van der Waals surface area contributed by atoms with Gasteiger partial charge in [0.1, 0.15) is 17.3 Å². The van der Waals surface area contributed by atoms with Crippen LogP contribution in [0.15, 0.2) is 47.8 Å². The minimum Gasteiger partial charge on any atom is -0.497 e. The number of rotatable bonds is 10. The highest BCUT2D eigenvalue weighted by atomic mass is 32.1. The van der Waals surface area contributed by atoms with E-state index in [1.165, 1.54) is 35.6 Å². The number of amides is 1. The molecule has 0 aliphatic rings. The van der Waals surface area contributed by atoms with Gasteiger partial charge in [-0.3, -0.25) is 19.7 Å². The summed E-state index contributed by atoms with van der Waals surface area (Å²) in [5.41, 5.74) is 1.59. The molecule has 172 valence electrons. The number of anilines is 1. The summed E-state index contributed by atoms with van der Waals surface area (Å²) in [6, 6.07) is 10.3. The van der Waals surface area contributed by atoms with Gasteiger partial charge >= 0.3 is 5.97 Å². The second kappa shape index (κ2) is 11.2. The predicted octanol–water partition coefficient (Wildman–Crippen LogP) is 4.11. The number of methoxy groups -OCH3 is 2. The van der Waals surface area contributed by atoms with Crippen molar-refractivity contribution in [1.29, 1.82) is 0 Å². The van der Waals surface area contributed by atoms with Crippen molar-refractivity contribution in [3.63, 3.8) is 0 Å². The van der Waals surface area contributed by atoms with Gasteiger partial charge in [-0.25, -0.2) is 9.37 Å². The second-order valence-electron chi connectivity index (χ2n) is 6.74. The molecule has 0 aliphatic carbocycles. The molecule has 0 saturated carbocycles. The fourth-order valence-electron chi connectivity index (χ4n) is 2.84. The molecule has 0 spiro atoms. The number of aromatic nitrogens is 1. The van der Waals surface area contributed by atoms with Crippen LogP contribution in [0, 0.1) is 5.82 Å². The van der Waals surface area contributed by atoms with Crippen molar-refractivity contribution in [2.45, 2.75) is 12.8 Å². The SMILES string of the molecule is COc1ccc(OC)c(-c2csc(NC(=O)COC(=O)CCC(=O)c3ccc(F)cc3)n2)c1. The maximum absolute atomic E-state index is 12.9. The van der Waals surface area contributed by atoms with Gasteiger partial charge in [0.15, 0.2) is 17.5 Å². The molecule has 0 bridgehead atoms. The number of hydrogen-bond acceptors (Lipinski definition) is 8. The van der Waals surface area contributed by atoms with Gasteiger partial charge in [-0.1, -0.05) is 0 Å². The van der Waals surface area contributed by atoms with Gasteiger partial charge < -0.3 is 14.2 Å². The molecule has 0 unspecified atom stereocenters. The van der Waals surface area contributed by atoms with E-state index in [-0.39, 0.29) is 18.6 Å². The molecule has 0 saturated heterocycles. The summed E-state index contributed by atoms with van der Waals surface area (Å²) in [5.74, 6) is -0.794. The topological polar surface area (TPSA) is 104 Å². The van der Waals surface area contributed by atoms with Crippen LogP contribution in [0.3, 0.4) is 0 Å². The normalized spacial score (nSPS) is 10.4. The lowest BCUT2D eigenvalue weighted by molar-refractivity contribution is -0.147. The predicted molar refractivity (Wildman–Crippen MR) is 120 cm³/mol. The summed E-state index contributed by atoms with van der Waals surface area (Å²) in [6.45, 7) is -0.513. The van der Waals surface area contributed by atoms with Crippen molar-refractivity contribution in [1.82, 2.24) is 4.98 Å². The first-order valence-corrected chi connectivity index (χ1v) is 10.7. The molecular formula is C23H21FN2O6S. The fourth-order valence-corrected chi connectivity index (χ4v) is 3.57. The van der Waals surface area contributed by atoms with Crippen molar-refractivity contribution in [3.8, 4) is 22.8 Å². The molecular weight excluding hydrogens is 451 g/mol. The monoisotopic (exact) mass is 472 g/mol. The van der Waals surface area contributed by atoms with Crippen LogP contribution in [0.4, 0.5) is 9.52 Å². The molecule has 3 rings (SSSR count). The Labute approximate surface area is 193 Å². The fraction of sp³-hybridized carbons (Fsp3) is 0.217. The van der Waals surface area contributed by atoms with Crippen molar-refractivity contribution in [2.24, 2.45) is 0 Å². The van der Waals surface area contributed by atoms with Crippen LogP contribution in [-0.4, -0.2) is 43.5 Å².